The van der Waals surface area contributed by atoms with Gasteiger partial charge in [0.2, 0.25) is 0 Å². The zero-order chi connectivity index (χ0) is 13.4. The van der Waals surface area contributed by atoms with Gasteiger partial charge in [0.15, 0.2) is 0 Å². The molecule has 1 N–H and O–H groups in total. The summed E-state index contributed by atoms with van der Waals surface area (Å²) in [5.74, 6) is 2.43. The van der Waals surface area contributed by atoms with Gasteiger partial charge in [-0.25, -0.2) is 0 Å². The highest BCUT2D eigenvalue weighted by molar-refractivity contribution is 7.99. The number of aromatic nitrogens is 2. The second kappa shape index (κ2) is 8.59. The van der Waals surface area contributed by atoms with Crippen LogP contribution in [0.4, 0.5) is 0 Å². The molecule has 1 atom stereocenters. The maximum atomic E-state index is 4.63. The first-order chi connectivity index (χ1) is 8.67. The third kappa shape index (κ3) is 5.44. The predicted molar refractivity (Wildman–Crippen MR) is 81.4 cm³/mol. The summed E-state index contributed by atoms with van der Waals surface area (Å²) in [6.45, 7) is 9.76. The molecule has 0 saturated carbocycles. The molecular weight excluding hydrogens is 242 g/mol. The predicted octanol–water partition coefficient (Wildman–Crippen LogP) is 3.13. The van der Waals surface area contributed by atoms with Gasteiger partial charge in [-0.05, 0) is 38.6 Å². The van der Waals surface area contributed by atoms with E-state index in [-0.39, 0.29) is 0 Å². The Morgan fingerprint density at radius 2 is 2.17 bits per heavy atom. The van der Waals surface area contributed by atoms with Gasteiger partial charge >= 0.3 is 0 Å². The van der Waals surface area contributed by atoms with Crippen LogP contribution in [0, 0.1) is 0 Å². The molecule has 1 rings (SSSR count). The van der Waals surface area contributed by atoms with Crippen molar-refractivity contribution in [3.8, 4) is 0 Å². The fourth-order valence-corrected chi connectivity index (χ4v) is 2.85. The minimum atomic E-state index is 0.450. The van der Waals surface area contributed by atoms with E-state index in [9.17, 15) is 0 Å². The SMILES string of the molecule is CCCSCC(Cc1ccn(C(C)C)n1)NCC. The fraction of sp³-hybridized carbons (Fsp3) is 0.786. The topological polar surface area (TPSA) is 29.9 Å². The third-order valence-corrected chi connectivity index (χ3v) is 4.14. The molecule has 1 aromatic heterocycles. The van der Waals surface area contributed by atoms with Gasteiger partial charge in [-0.3, -0.25) is 4.68 Å². The van der Waals surface area contributed by atoms with E-state index in [1.165, 1.54) is 23.6 Å². The summed E-state index contributed by atoms with van der Waals surface area (Å²) in [5, 5.41) is 8.19. The molecule has 1 heterocycles. The second-order valence-corrected chi connectivity index (χ2v) is 6.06. The van der Waals surface area contributed by atoms with Crippen molar-refractivity contribution in [3.63, 3.8) is 0 Å². The Labute approximate surface area is 116 Å². The van der Waals surface area contributed by atoms with Gasteiger partial charge < -0.3 is 5.32 Å². The Kier molecular flexibility index (Phi) is 7.44. The van der Waals surface area contributed by atoms with E-state index in [1.54, 1.807) is 0 Å². The van der Waals surface area contributed by atoms with Crippen LogP contribution < -0.4 is 5.32 Å². The van der Waals surface area contributed by atoms with Crippen LogP contribution in [0.15, 0.2) is 12.3 Å². The Hall–Kier alpha value is -0.480. The minimum Gasteiger partial charge on any atom is -0.313 e. The lowest BCUT2D eigenvalue weighted by molar-refractivity contribution is 0.513. The number of thioether (sulfide) groups is 1. The molecule has 1 aromatic rings. The lowest BCUT2D eigenvalue weighted by Gasteiger charge is -2.16. The summed E-state index contributed by atoms with van der Waals surface area (Å²) in [5.41, 5.74) is 1.20. The third-order valence-electron chi connectivity index (χ3n) is 2.81. The number of nitrogens with zero attached hydrogens (tertiary/aromatic N) is 2. The van der Waals surface area contributed by atoms with E-state index in [4.69, 9.17) is 0 Å². The number of rotatable bonds is 9. The lowest BCUT2D eigenvalue weighted by Crippen LogP contribution is -2.33. The van der Waals surface area contributed by atoms with E-state index in [2.05, 4.69) is 50.4 Å². The van der Waals surface area contributed by atoms with Gasteiger partial charge in [-0.1, -0.05) is 13.8 Å². The summed E-state index contributed by atoms with van der Waals surface area (Å²) in [6.07, 6.45) is 4.37. The van der Waals surface area contributed by atoms with Gasteiger partial charge in [-0.15, -0.1) is 0 Å². The van der Waals surface area contributed by atoms with Gasteiger partial charge in [0.05, 0.1) is 5.69 Å². The largest absolute Gasteiger partial charge is 0.313 e. The zero-order valence-electron chi connectivity index (χ0n) is 12.1. The van der Waals surface area contributed by atoms with Crippen molar-refractivity contribution in [1.29, 1.82) is 0 Å². The lowest BCUT2D eigenvalue weighted by atomic mass is 10.2. The summed E-state index contributed by atoms with van der Waals surface area (Å²) < 4.78 is 2.04. The van der Waals surface area contributed by atoms with Crippen LogP contribution in [0.1, 0.15) is 45.9 Å². The molecule has 0 radical (unpaired) electrons. The van der Waals surface area contributed by atoms with Crippen molar-refractivity contribution in [3.05, 3.63) is 18.0 Å². The molecule has 0 aliphatic rings. The molecule has 0 bridgehead atoms. The van der Waals surface area contributed by atoms with Crippen molar-refractivity contribution in [2.75, 3.05) is 18.1 Å². The van der Waals surface area contributed by atoms with E-state index in [1.807, 2.05) is 16.4 Å². The molecule has 0 aliphatic heterocycles. The minimum absolute atomic E-state index is 0.450. The number of likely N-dealkylation sites (N-methyl/N-ethyl adjacent to an activating group) is 1. The quantitative estimate of drug-likeness (QED) is 0.699. The van der Waals surface area contributed by atoms with Crippen LogP contribution in [0.2, 0.25) is 0 Å². The first kappa shape index (κ1) is 15.6. The van der Waals surface area contributed by atoms with E-state index in [0.717, 1.165) is 13.0 Å². The van der Waals surface area contributed by atoms with Gasteiger partial charge in [0, 0.05) is 30.5 Å². The van der Waals surface area contributed by atoms with E-state index in [0.29, 0.717) is 12.1 Å². The first-order valence-corrected chi connectivity index (χ1v) is 8.18. The van der Waals surface area contributed by atoms with Crippen LogP contribution in [0.25, 0.3) is 0 Å². The average molecular weight is 269 g/mol. The number of hydrogen-bond acceptors (Lipinski definition) is 3. The molecule has 18 heavy (non-hydrogen) atoms. The van der Waals surface area contributed by atoms with Crippen molar-refractivity contribution in [1.82, 2.24) is 15.1 Å². The molecule has 4 heteroatoms. The highest BCUT2D eigenvalue weighted by Crippen LogP contribution is 2.10. The van der Waals surface area contributed by atoms with E-state index < -0.39 is 0 Å². The molecule has 0 aromatic carbocycles. The zero-order valence-corrected chi connectivity index (χ0v) is 13.0. The second-order valence-electron chi connectivity index (χ2n) is 4.91. The monoisotopic (exact) mass is 269 g/mol. The molecular formula is C14H27N3S. The average Bonchev–Trinajstić information content (AvgIpc) is 2.78. The smallest absolute Gasteiger partial charge is 0.0640 e. The Bertz CT molecular complexity index is 323. The van der Waals surface area contributed by atoms with Crippen molar-refractivity contribution < 1.29 is 0 Å². The highest BCUT2D eigenvalue weighted by Gasteiger charge is 2.11. The van der Waals surface area contributed by atoms with Crippen LogP contribution in [0.3, 0.4) is 0 Å². The van der Waals surface area contributed by atoms with Crippen molar-refractivity contribution >= 4 is 11.8 Å². The molecule has 104 valence electrons. The van der Waals surface area contributed by atoms with Crippen molar-refractivity contribution in [2.45, 2.75) is 52.6 Å². The standard InChI is InChI=1S/C14H27N3S/c1-5-9-18-11-14(15-6-2)10-13-7-8-17(16-13)12(3)4/h7-8,12,14-15H,5-6,9-11H2,1-4H3. The van der Waals surface area contributed by atoms with E-state index >= 15 is 0 Å². The number of hydrogen-bond donors (Lipinski definition) is 1. The van der Waals surface area contributed by atoms with Crippen molar-refractivity contribution in [2.24, 2.45) is 0 Å². The van der Waals surface area contributed by atoms with Gasteiger partial charge in [0.25, 0.3) is 0 Å². The summed E-state index contributed by atoms with van der Waals surface area (Å²) in [6, 6.07) is 3.14. The first-order valence-electron chi connectivity index (χ1n) is 7.02. The normalized spacial score (nSPS) is 13.2. The maximum Gasteiger partial charge on any atom is 0.0640 e. The maximum absolute atomic E-state index is 4.63. The molecule has 0 saturated heterocycles. The summed E-state index contributed by atoms with van der Waals surface area (Å²) in [7, 11) is 0. The molecule has 1 unspecified atom stereocenters. The van der Waals surface area contributed by atoms with Gasteiger partial charge in [-0.2, -0.15) is 16.9 Å². The molecule has 0 amide bonds. The van der Waals surface area contributed by atoms with Crippen LogP contribution >= 0.6 is 11.8 Å². The Balaban J connectivity index is 2.47. The summed E-state index contributed by atoms with van der Waals surface area (Å²) in [4.78, 5) is 0. The molecule has 0 spiro atoms. The molecule has 0 fully saturated rings. The summed E-state index contributed by atoms with van der Waals surface area (Å²) >= 11 is 2.04. The van der Waals surface area contributed by atoms with Crippen LogP contribution in [0.5, 0.6) is 0 Å². The fourth-order valence-electron chi connectivity index (χ4n) is 1.87. The van der Waals surface area contributed by atoms with Gasteiger partial charge in [0.1, 0.15) is 0 Å². The molecule has 0 aliphatic carbocycles. The Morgan fingerprint density at radius 1 is 1.39 bits per heavy atom. The Morgan fingerprint density at radius 3 is 2.72 bits per heavy atom. The van der Waals surface area contributed by atoms with Crippen LogP contribution in [-0.4, -0.2) is 33.9 Å². The number of nitrogens with one attached hydrogen (secondary N) is 1. The highest BCUT2D eigenvalue weighted by atomic mass is 32.2. The molecule has 3 nitrogen and oxygen atoms in total. The van der Waals surface area contributed by atoms with Crippen LogP contribution in [-0.2, 0) is 6.42 Å².